The Hall–Kier alpha value is -0.570. The third-order valence-electron chi connectivity index (χ3n) is 0.648. The molecule has 38 valence electrons. The summed E-state index contributed by atoms with van der Waals surface area (Å²) in [5.74, 6) is 0. The van der Waals surface area contributed by atoms with Crippen LogP contribution in [0.3, 0.4) is 0 Å². The second-order valence-electron chi connectivity index (χ2n) is 1.25. The molecule has 0 spiro atoms. The summed E-state index contributed by atoms with van der Waals surface area (Å²) in [6, 6.07) is 0. The first-order chi connectivity index (χ1) is 3.21. The first-order valence-electron chi connectivity index (χ1n) is 1.80. The second-order valence-corrected chi connectivity index (χ2v) is 2.97. The molecule has 0 saturated carbocycles. The van der Waals surface area contributed by atoms with Gasteiger partial charge in [-0.1, -0.05) is 0 Å². The number of hydrogen-bond donors (Lipinski definition) is 0. The Morgan fingerprint density at radius 3 is 1.57 bits per heavy atom. The Balaban J connectivity index is 3.25. The molecule has 0 aromatic heterocycles. The van der Waals surface area contributed by atoms with Gasteiger partial charge < -0.3 is 0 Å². The van der Waals surface area contributed by atoms with Crippen molar-refractivity contribution in [1.82, 2.24) is 0 Å². The van der Waals surface area contributed by atoms with E-state index in [0.717, 1.165) is 10.8 Å². The topological polar surface area (TPSA) is 34.1 Å². The van der Waals surface area contributed by atoms with E-state index in [-0.39, 0.29) is 0 Å². The molecule has 1 aliphatic heterocycles. The lowest BCUT2D eigenvalue weighted by atomic mass is 10.6. The summed E-state index contributed by atoms with van der Waals surface area (Å²) in [6.07, 6.45) is 2.99. The number of hydrogen-bond acceptors (Lipinski definition) is 2. The molecule has 0 saturated heterocycles. The average Bonchev–Trinajstić information content (AvgIpc) is 1.84. The van der Waals surface area contributed by atoms with Crippen LogP contribution in [-0.2, 0) is 9.84 Å². The maximum Gasteiger partial charge on any atom is 0.193 e. The van der Waals surface area contributed by atoms with Crippen molar-refractivity contribution in [3.8, 4) is 0 Å². The Labute approximate surface area is 42.1 Å². The van der Waals surface area contributed by atoms with Gasteiger partial charge in [0.2, 0.25) is 0 Å². The zero-order valence-electron chi connectivity index (χ0n) is 3.53. The molecule has 1 rings (SSSR count). The molecule has 0 fully saturated rings. The van der Waals surface area contributed by atoms with Crippen LogP contribution < -0.4 is 0 Å². The lowest BCUT2D eigenvalue weighted by Gasteiger charge is -1.73. The van der Waals surface area contributed by atoms with Crippen molar-refractivity contribution in [3.05, 3.63) is 23.0 Å². The van der Waals surface area contributed by atoms with Gasteiger partial charge in [-0.2, -0.15) is 0 Å². The average molecular weight is 116 g/mol. The van der Waals surface area contributed by atoms with Gasteiger partial charge in [-0.25, -0.2) is 8.42 Å². The molecule has 0 bridgehead atoms. The van der Waals surface area contributed by atoms with Crippen LogP contribution in [0.15, 0.2) is 23.0 Å². The van der Waals surface area contributed by atoms with Gasteiger partial charge in [0.1, 0.15) is 0 Å². The second kappa shape index (κ2) is 1.20. The monoisotopic (exact) mass is 116 g/mol. The summed E-state index contributed by atoms with van der Waals surface area (Å²) in [4.78, 5) is 0. The van der Waals surface area contributed by atoms with Crippen LogP contribution in [0, 0.1) is 0 Å². The fourth-order valence-electron chi connectivity index (χ4n) is 0.355. The molecule has 0 N–H and O–H groups in total. The van der Waals surface area contributed by atoms with Gasteiger partial charge in [0.05, 0.1) is 0 Å². The van der Waals surface area contributed by atoms with E-state index >= 15 is 0 Å². The highest BCUT2D eigenvalue weighted by atomic mass is 32.2. The van der Waals surface area contributed by atoms with Crippen molar-refractivity contribution in [2.75, 3.05) is 0 Å². The molecule has 0 unspecified atom stereocenters. The number of rotatable bonds is 0. The third kappa shape index (κ3) is 0.899. The highest BCUT2D eigenvalue weighted by Gasteiger charge is 2.00. The highest BCUT2D eigenvalue weighted by Crippen LogP contribution is 2.01. The molecule has 0 amide bonds. The molecule has 0 atom stereocenters. The molecule has 0 aliphatic carbocycles. The van der Waals surface area contributed by atoms with Crippen LogP contribution >= 0.6 is 0 Å². The van der Waals surface area contributed by atoms with E-state index in [0.29, 0.717) is 0 Å². The summed E-state index contributed by atoms with van der Waals surface area (Å²) in [5, 5.41) is 2.32. The summed E-state index contributed by atoms with van der Waals surface area (Å²) in [6.45, 7) is 0. The van der Waals surface area contributed by atoms with Gasteiger partial charge in [0.25, 0.3) is 0 Å². The van der Waals surface area contributed by atoms with Gasteiger partial charge in [-0.15, -0.1) is 0 Å². The van der Waals surface area contributed by atoms with Gasteiger partial charge in [-0.05, 0) is 12.2 Å². The first-order valence-corrected chi connectivity index (χ1v) is 3.41. The standard InChI is InChI=1S/C4H4O2S/c5-7(6)3-1-2-4-7/h1-4H. The molecule has 0 aromatic rings. The molecule has 7 heavy (non-hydrogen) atoms. The Morgan fingerprint density at radius 2 is 1.43 bits per heavy atom. The summed E-state index contributed by atoms with van der Waals surface area (Å²) in [5.41, 5.74) is 0. The van der Waals surface area contributed by atoms with E-state index in [1.807, 2.05) is 0 Å². The van der Waals surface area contributed by atoms with Crippen LogP contribution in [0.2, 0.25) is 0 Å². The molecular formula is C4H4O2S. The van der Waals surface area contributed by atoms with Crippen molar-refractivity contribution in [1.29, 1.82) is 0 Å². The van der Waals surface area contributed by atoms with Crippen molar-refractivity contribution < 1.29 is 8.42 Å². The predicted octanol–water partition coefficient (Wildman–Crippen LogP) is 0.442. The molecule has 1 heterocycles. The van der Waals surface area contributed by atoms with E-state index in [9.17, 15) is 8.42 Å². The zero-order chi connectivity index (χ0) is 5.33. The Kier molecular flexibility index (Phi) is 0.785. The van der Waals surface area contributed by atoms with Crippen LogP contribution in [0.4, 0.5) is 0 Å². The van der Waals surface area contributed by atoms with Gasteiger partial charge in [-0.3, -0.25) is 0 Å². The fraction of sp³-hybridized carbons (Fsp3) is 0. The van der Waals surface area contributed by atoms with Gasteiger partial charge in [0.15, 0.2) is 9.84 Å². The first kappa shape index (κ1) is 4.59. The third-order valence-corrected chi connectivity index (χ3v) is 1.72. The van der Waals surface area contributed by atoms with Crippen LogP contribution in [-0.4, -0.2) is 8.42 Å². The minimum atomic E-state index is -2.91. The molecule has 1 aliphatic rings. The SMILES string of the molecule is O=S1(=O)C=CC=C1. The van der Waals surface area contributed by atoms with Crippen LogP contribution in [0.1, 0.15) is 0 Å². The van der Waals surface area contributed by atoms with E-state index in [1.54, 1.807) is 0 Å². The van der Waals surface area contributed by atoms with Crippen LogP contribution in [0.25, 0.3) is 0 Å². The van der Waals surface area contributed by atoms with Gasteiger partial charge in [0, 0.05) is 10.8 Å². The molecule has 0 radical (unpaired) electrons. The van der Waals surface area contributed by atoms with Crippen molar-refractivity contribution >= 4 is 9.84 Å². The molecule has 2 nitrogen and oxygen atoms in total. The quantitative estimate of drug-likeness (QED) is 0.460. The normalized spacial score (nSPS) is 23.4. The highest BCUT2D eigenvalue weighted by molar-refractivity contribution is 7.97. The van der Waals surface area contributed by atoms with E-state index in [4.69, 9.17) is 0 Å². The van der Waals surface area contributed by atoms with Crippen LogP contribution in [0.5, 0.6) is 0 Å². The fourth-order valence-corrected chi connectivity index (χ4v) is 1.07. The maximum absolute atomic E-state index is 10.3. The number of allylic oxidation sites excluding steroid dienone is 2. The van der Waals surface area contributed by atoms with Crippen molar-refractivity contribution in [3.63, 3.8) is 0 Å². The minimum Gasteiger partial charge on any atom is -0.220 e. The Morgan fingerprint density at radius 1 is 1.00 bits per heavy atom. The zero-order valence-corrected chi connectivity index (χ0v) is 4.35. The van der Waals surface area contributed by atoms with E-state index in [1.165, 1.54) is 12.2 Å². The Bertz CT molecular complexity index is 190. The lowest BCUT2D eigenvalue weighted by molar-refractivity contribution is 0.613. The minimum absolute atomic E-state index is 1.16. The maximum atomic E-state index is 10.3. The van der Waals surface area contributed by atoms with E-state index < -0.39 is 9.84 Å². The predicted molar refractivity (Wildman–Crippen MR) is 27.2 cm³/mol. The molecule has 0 aromatic carbocycles. The van der Waals surface area contributed by atoms with Gasteiger partial charge >= 0.3 is 0 Å². The summed E-state index contributed by atoms with van der Waals surface area (Å²) in [7, 11) is -2.91. The molecular weight excluding hydrogens is 112 g/mol. The largest absolute Gasteiger partial charge is 0.220 e. The summed E-state index contributed by atoms with van der Waals surface area (Å²) >= 11 is 0. The van der Waals surface area contributed by atoms with E-state index in [2.05, 4.69) is 0 Å². The smallest absolute Gasteiger partial charge is 0.193 e. The summed E-state index contributed by atoms with van der Waals surface area (Å²) < 4.78 is 20.5. The van der Waals surface area contributed by atoms with Crippen molar-refractivity contribution in [2.24, 2.45) is 0 Å². The molecule has 3 heteroatoms. The number of sulfone groups is 1. The van der Waals surface area contributed by atoms with Crippen molar-refractivity contribution in [2.45, 2.75) is 0 Å². The lowest BCUT2D eigenvalue weighted by Crippen LogP contribution is -1.80.